The molecule has 0 saturated heterocycles. The van der Waals surface area contributed by atoms with E-state index in [1.165, 1.54) is 5.57 Å². The number of rotatable bonds is 0. The van der Waals surface area contributed by atoms with Crippen LogP contribution in [0.15, 0.2) is 28.9 Å². The number of dihydropyridines is 1. The first-order valence-electron chi connectivity index (χ1n) is 3.90. The van der Waals surface area contributed by atoms with Crippen LogP contribution in [0.2, 0.25) is 0 Å². The van der Waals surface area contributed by atoms with Crippen molar-refractivity contribution in [3.63, 3.8) is 0 Å². The van der Waals surface area contributed by atoms with Crippen LogP contribution in [0.1, 0.15) is 19.3 Å². The number of allylic oxidation sites excluding steroid dienone is 2. The predicted octanol–water partition coefficient (Wildman–Crippen LogP) is 1.65. The fraction of sp³-hybridized carbons (Fsp3) is 0.333. The van der Waals surface area contributed by atoms with Crippen molar-refractivity contribution in [3.8, 4) is 0 Å². The summed E-state index contributed by atoms with van der Waals surface area (Å²) < 4.78 is 0. The van der Waals surface area contributed by atoms with Crippen LogP contribution in [0.5, 0.6) is 0 Å². The van der Waals surface area contributed by atoms with E-state index >= 15 is 0 Å². The van der Waals surface area contributed by atoms with E-state index in [0.717, 1.165) is 25.1 Å². The fourth-order valence-corrected chi connectivity index (χ4v) is 1.26. The first-order chi connectivity index (χ1) is 5.47. The lowest BCUT2D eigenvalue weighted by Crippen LogP contribution is -2.21. The van der Waals surface area contributed by atoms with Gasteiger partial charge >= 0.3 is 0 Å². The van der Waals surface area contributed by atoms with Crippen LogP contribution >= 0.6 is 0 Å². The highest BCUT2D eigenvalue weighted by Crippen LogP contribution is 2.16. The molecule has 56 valence electrons. The molecule has 2 aliphatic heterocycles. The van der Waals surface area contributed by atoms with E-state index in [4.69, 9.17) is 0 Å². The summed E-state index contributed by atoms with van der Waals surface area (Å²) in [4.78, 5) is 4.18. The number of fused-ring (bicyclic) bond motifs is 1. The summed E-state index contributed by atoms with van der Waals surface area (Å²) in [6, 6.07) is 0. The Kier molecular flexibility index (Phi) is 1.76. The second kappa shape index (κ2) is 2.91. The van der Waals surface area contributed by atoms with Crippen molar-refractivity contribution in [2.75, 3.05) is 0 Å². The van der Waals surface area contributed by atoms with E-state index in [2.05, 4.69) is 22.9 Å². The maximum atomic E-state index is 4.18. The largest absolute Gasteiger partial charge is 0.347 e. The van der Waals surface area contributed by atoms with Gasteiger partial charge in [-0.2, -0.15) is 0 Å². The fourth-order valence-electron chi connectivity index (χ4n) is 1.26. The lowest BCUT2D eigenvalue weighted by atomic mass is 10.1. The summed E-state index contributed by atoms with van der Waals surface area (Å²) in [5, 5.41) is 3.10. The van der Waals surface area contributed by atoms with Crippen LogP contribution in [0.3, 0.4) is 0 Å². The minimum atomic E-state index is 0.975. The molecule has 1 N–H and O–H groups in total. The van der Waals surface area contributed by atoms with Gasteiger partial charge in [-0.05, 0) is 30.9 Å². The number of hydrogen-bond acceptors (Lipinski definition) is 2. The van der Waals surface area contributed by atoms with Crippen LogP contribution in [0.4, 0.5) is 0 Å². The van der Waals surface area contributed by atoms with Gasteiger partial charge in [0.1, 0.15) is 12.4 Å². The molecule has 2 aliphatic rings. The zero-order valence-electron chi connectivity index (χ0n) is 6.30. The Balaban J connectivity index is 2.25. The third-order valence-electron chi connectivity index (χ3n) is 1.84. The first-order valence-corrected chi connectivity index (χ1v) is 3.90. The molecular formula is C9H10N2. The van der Waals surface area contributed by atoms with Crippen LogP contribution in [0.25, 0.3) is 0 Å². The molecular weight excluding hydrogens is 136 g/mol. The van der Waals surface area contributed by atoms with Gasteiger partial charge in [-0.25, -0.2) is 0 Å². The molecule has 0 saturated carbocycles. The molecule has 2 nitrogen and oxygen atoms in total. The number of amidine groups is 1. The first kappa shape index (κ1) is 6.65. The topological polar surface area (TPSA) is 24.4 Å². The third-order valence-corrected chi connectivity index (χ3v) is 1.84. The summed E-state index contributed by atoms with van der Waals surface area (Å²) in [7, 11) is 0. The number of nitrogens with one attached hydrogen (secondary N) is 1. The van der Waals surface area contributed by atoms with E-state index < -0.39 is 0 Å². The van der Waals surface area contributed by atoms with E-state index in [1.54, 1.807) is 0 Å². The van der Waals surface area contributed by atoms with Crippen LogP contribution in [0, 0.1) is 6.54 Å². The molecule has 0 bridgehead atoms. The summed E-state index contributed by atoms with van der Waals surface area (Å²) >= 11 is 0. The lowest BCUT2D eigenvalue weighted by Gasteiger charge is -2.10. The zero-order chi connectivity index (χ0) is 7.52. The second-order valence-corrected chi connectivity index (χ2v) is 2.67. The molecule has 0 aromatic carbocycles. The Morgan fingerprint density at radius 2 is 2.55 bits per heavy atom. The normalized spacial score (nSPS) is 22.5. The van der Waals surface area contributed by atoms with Crippen LogP contribution in [-0.4, -0.2) is 5.84 Å². The van der Waals surface area contributed by atoms with E-state index in [1.807, 2.05) is 12.3 Å². The highest BCUT2D eigenvalue weighted by atomic mass is 15.0. The average Bonchev–Trinajstić information content (AvgIpc) is 2.28. The maximum absolute atomic E-state index is 4.18. The SMILES string of the molecule is [C]1CCCC2=CC=CNC2=N1. The van der Waals surface area contributed by atoms with Crippen molar-refractivity contribution in [1.82, 2.24) is 5.32 Å². The molecule has 0 aliphatic carbocycles. The minimum Gasteiger partial charge on any atom is -0.347 e. The molecule has 0 aromatic heterocycles. The molecule has 2 radical (unpaired) electrons. The number of nitrogens with zero attached hydrogens (tertiary/aromatic N) is 1. The minimum absolute atomic E-state index is 0.975. The molecule has 2 heteroatoms. The standard InChI is InChI=1S/C9H10N2/c1-2-6-10-9-8(4-1)5-3-7-11-9/h3,5,7,11H,1-2,4H2. The third kappa shape index (κ3) is 1.34. The van der Waals surface area contributed by atoms with Gasteiger partial charge < -0.3 is 5.32 Å². The van der Waals surface area contributed by atoms with Gasteiger partial charge in [0.05, 0.1) is 0 Å². The van der Waals surface area contributed by atoms with Crippen molar-refractivity contribution in [1.29, 1.82) is 0 Å². The predicted molar refractivity (Wildman–Crippen MR) is 44.9 cm³/mol. The van der Waals surface area contributed by atoms with Gasteiger partial charge in [0, 0.05) is 6.20 Å². The molecule has 11 heavy (non-hydrogen) atoms. The van der Waals surface area contributed by atoms with Gasteiger partial charge in [-0.3, -0.25) is 4.99 Å². The van der Waals surface area contributed by atoms with Crippen molar-refractivity contribution < 1.29 is 0 Å². The van der Waals surface area contributed by atoms with Gasteiger partial charge in [0.2, 0.25) is 0 Å². The molecule has 0 spiro atoms. The summed E-state index contributed by atoms with van der Waals surface area (Å²) in [5.74, 6) is 0.977. The van der Waals surface area contributed by atoms with Crippen molar-refractivity contribution >= 4 is 5.84 Å². The number of aliphatic imine (C=N–C) groups is 1. The van der Waals surface area contributed by atoms with Gasteiger partial charge in [0.25, 0.3) is 0 Å². The molecule has 0 aromatic rings. The highest BCUT2D eigenvalue weighted by molar-refractivity contribution is 6.00. The molecule has 2 rings (SSSR count). The van der Waals surface area contributed by atoms with Crippen molar-refractivity contribution in [2.45, 2.75) is 19.3 Å². The Morgan fingerprint density at radius 1 is 1.55 bits per heavy atom. The Labute approximate surface area is 66.7 Å². The number of hydrogen-bond donors (Lipinski definition) is 1. The van der Waals surface area contributed by atoms with Crippen LogP contribution in [-0.2, 0) is 0 Å². The van der Waals surface area contributed by atoms with E-state index in [-0.39, 0.29) is 0 Å². The highest BCUT2D eigenvalue weighted by Gasteiger charge is 2.10. The molecule has 0 amide bonds. The van der Waals surface area contributed by atoms with Gasteiger partial charge in [-0.15, -0.1) is 0 Å². The lowest BCUT2D eigenvalue weighted by molar-refractivity contribution is 0.824. The average molecular weight is 146 g/mol. The molecule has 0 fully saturated rings. The second-order valence-electron chi connectivity index (χ2n) is 2.67. The van der Waals surface area contributed by atoms with Crippen molar-refractivity contribution in [2.24, 2.45) is 4.99 Å². The van der Waals surface area contributed by atoms with E-state index in [0.29, 0.717) is 0 Å². The smallest absolute Gasteiger partial charge is 0.128 e. The summed E-state index contributed by atoms with van der Waals surface area (Å²) in [6.45, 7) is 3.00. The van der Waals surface area contributed by atoms with Crippen LogP contribution < -0.4 is 5.32 Å². The Bertz CT molecular complexity index is 236. The summed E-state index contributed by atoms with van der Waals surface area (Å²) in [5.41, 5.74) is 1.30. The zero-order valence-corrected chi connectivity index (χ0v) is 6.30. The Morgan fingerprint density at radius 3 is 3.55 bits per heavy atom. The monoisotopic (exact) mass is 146 g/mol. The van der Waals surface area contributed by atoms with Crippen molar-refractivity contribution in [3.05, 3.63) is 30.5 Å². The Hall–Kier alpha value is -1.05. The van der Waals surface area contributed by atoms with E-state index in [9.17, 15) is 0 Å². The molecule has 0 unspecified atom stereocenters. The maximum Gasteiger partial charge on any atom is 0.128 e. The quantitative estimate of drug-likeness (QED) is 0.552. The summed E-state index contributed by atoms with van der Waals surface area (Å²) in [6.07, 6.45) is 9.28. The molecule has 2 heterocycles. The molecule has 0 atom stereocenters. The van der Waals surface area contributed by atoms with Gasteiger partial charge in [0.15, 0.2) is 0 Å². The van der Waals surface area contributed by atoms with Gasteiger partial charge in [-0.1, -0.05) is 6.08 Å².